The third-order valence-electron chi connectivity index (χ3n) is 3.01. The Hall–Kier alpha value is -1.14. The smallest absolute Gasteiger partial charge is 0.259 e. The number of nitrogens with zero attached hydrogens (tertiary/aromatic N) is 1. The van der Waals surface area contributed by atoms with Crippen molar-refractivity contribution in [3.8, 4) is 0 Å². The zero-order valence-electron chi connectivity index (χ0n) is 10.9. The molecule has 1 amide bonds. The molecule has 7 heteroatoms. The summed E-state index contributed by atoms with van der Waals surface area (Å²) in [6.45, 7) is 2.08. The van der Waals surface area contributed by atoms with Crippen LogP contribution in [0.2, 0.25) is 8.67 Å². The van der Waals surface area contributed by atoms with Gasteiger partial charge in [-0.15, -0.1) is 11.3 Å². The molecule has 3 aromatic rings. The van der Waals surface area contributed by atoms with Crippen LogP contribution in [0.5, 0.6) is 0 Å². The van der Waals surface area contributed by atoms with Gasteiger partial charge in [0.25, 0.3) is 5.91 Å². The first-order chi connectivity index (χ1) is 10.1. The van der Waals surface area contributed by atoms with E-state index in [-0.39, 0.29) is 5.91 Å². The lowest BCUT2D eigenvalue weighted by Gasteiger charge is -1.99. The summed E-state index contributed by atoms with van der Waals surface area (Å²) >= 11 is 14.5. The zero-order chi connectivity index (χ0) is 15.0. The summed E-state index contributed by atoms with van der Waals surface area (Å²) in [4.78, 5) is 16.7. The van der Waals surface area contributed by atoms with Crippen LogP contribution in [0.4, 0.5) is 5.13 Å². The van der Waals surface area contributed by atoms with Crippen LogP contribution in [0.25, 0.3) is 10.2 Å². The number of carbonyl (C=O) groups is 1. The molecule has 0 saturated carbocycles. The molecule has 108 valence electrons. The lowest BCUT2D eigenvalue weighted by atomic mass is 10.1. The molecule has 2 aromatic heterocycles. The molecule has 1 N–H and O–H groups in total. The Morgan fingerprint density at radius 1 is 1.33 bits per heavy atom. The van der Waals surface area contributed by atoms with Crippen LogP contribution >= 0.6 is 45.9 Å². The maximum atomic E-state index is 12.2. The number of hydrogen-bond donors (Lipinski definition) is 1. The number of amides is 1. The molecule has 0 aliphatic heterocycles. The lowest BCUT2D eigenvalue weighted by Crippen LogP contribution is -2.10. The Morgan fingerprint density at radius 3 is 2.81 bits per heavy atom. The topological polar surface area (TPSA) is 42.0 Å². The quantitative estimate of drug-likeness (QED) is 0.674. The molecule has 2 heterocycles. The average Bonchev–Trinajstić information content (AvgIpc) is 3.00. The Balaban J connectivity index is 1.91. The van der Waals surface area contributed by atoms with Crippen molar-refractivity contribution in [2.45, 2.75) is 13.3 Å². The van der Waals surface area contributed by atoms with Crippen LogP contribution in [-0.4, -0.2) is 10.9 Å². The Labute approximate surface area is 139 Å². The van der Waals surface area contributed by atoms with Gasteiger partial charge in [-0.3, -0.25) is 10.1 Å². The summed E-state index contributed by atoms with van der Waals surface area (Å²) in [6.07, 6.45) is 0.903. The highest BCUT2D eigenvalue weighted by Gasteiger charge is 2.16. The van der Waals surface area contributed by atoms with Crippen molar-refractivity contribution in [1.29, 1.82) is 0 Å². The molecule has 21 heavy (non-hydrogen) atoms. The molecular weight excluding hydrogens is 347 g/mol. The third-order valence-corrected chi connectivity index (χ3v) is 5.43. The summed E-state index contributed by atoms with van der Waals surface area (Å²) in [5, 5.41) is 3.35. The predicted molar refractivity (Wildman–Crippen MR) is 91.3 cm³/mol. The van der Waals surface area contributed by atoms with Crippen molar-refractivity contribution in [2.75, 3.05) is 5.32 Å². The first-order valence-corrected chi connectivity index (χ1v) is 8.62. The minimum absolute atomic E-state index is 0.291. The Morgan fingerprint density at radius 2 is 2.14 bits per heavy atom. The van der Waals surface area contributed by atoms with Gasteiger partial charge >= 0.3 is 0 Å². The lowest BCUT2D eigenvalue weighted by molar-refractivity contribution is 0.102. The number of carbonyl (C=O) groups excluding carboxylic acids is 1. The van der Waals surface area contributed by atoms with E-state index in [4.69, 9.17) is 23.2 Å². The van der Waals surface area contributed by atoms with Gasteiger partial charge in [-0.1, -0.05) is 53.6 Å². The summed E-state index contributed by atoms with van der Waals surface area (Å²) < 4.78 is 1.93. The molecule has 3 rings (SSSR count). The number of benzene rings is 1. The van der Waals surface area contributed by atoms with E-state index in [1.54, 1.807) is 6.07 Å². The van der Waals surface area contributed by atoms with Crippen LogP contribution in [0.15, 0.2) is 24.3 Å². The summed E-state index contributed by atoms with van der Waals surface area (Å²) in [6, 6.07) is 7.61. The molecule has 1 aromatic carbocycles. The van der Waals surface area contributed by atoms with Gasteiger partial charge in [0.05, 0.1) is 20.1 Å². The van der Waals surface area contributed by atoms with E-state index in [0.29, 0.717) is 19.4 Å². The van der Waals surface area contributed by atoms with Crippen molar-refractivity contribution < 1.29 is 4.79 Å². The molecule has 0 aliphatic carbocycles. The maximum Gasteiger partial charge on any atom is 0.259 e. The number of anilines is 1. The largest absolute Gasteiger partial charge is 0.298 e. The van der Waals surface area contributed by atoms with Crippen molar-refractivity contribution in [2.24, 2.45) is 0 Å². The number of thiophene rings is 1. The number of aromatic nitrogens is 1. The van der Waals surface area contributed by atoms with Crippen LogP contribution in [0.1, 0.15) is 22.8 Å². The van der Waals surface area contributed by atoms with Gasteiger partial charge < -0.3 is 0 Å². The average molecular weight is 357 g/mol. The van der Waals surface area contributed by atoms with E-state index >= 15 is 0 Å². The second-order valence-electron chi connectivity index (χ2n) is 4.33. The summed E-state index contributed by atoms with van der Waals surface area (Å²) in [5.74, 6) is -0.291. The number of hydrogen-bond acceptors (Lipinski definition) is 4. The van der Waals surface area contributed by atoms with Crippen molar-refractivity contribution >= 4 is 67.1 Å². The van der Waals surface area contributed by atoms with Gasteiger partial charge in [-0.25, -0.2) is 4.98 Å². The second-order valence-corrected chi connectivity index (χ2v) is 7.64. The normalized spacial score (nSPS) is 11.0. The first kappa shape index (κ1) is 14.8. The number of rotatable bonds is 3. The molecule has 0 unspecified atom stereocenters. The Bertz CT molecular complexity index is 826. The zero-order valence-corrected chi connectivity index (χ0v) is 14.1. The number of nitrogens with one attached hydrogen (secondary N) is 1. The number of para-hydroxylation sites is 1. The van der Waals surface area contributed by atoms with Crippen LogP contribution in [0.3, 0.4) is 0 Å². The molecule has 0 atom stereocenters. The number of aryl methyl sites for hydroxylation is 1. The van der Waals surface area contributed by atoms with Gasteiger partial charge in [-0.2, -0.15) is 0 Å². The minimum Gasteiger partial charge on any atom is -0.298 e. The molecule has 0 aliphatic rings. The van der Waals surface area contributed by atoms with Crippen LogP contribution < -0.4 is 5.32 Å². The summed E-state index contributed by atoms with van der Waals surface area (Å²) in [5.41, 5.74) is 2.48. The number of fused-ring (bicyclic) bond motifs is 1. The first-order valence-electron chi connectivity index (χ1n) is 6.23. The fourth-order valence-electron chi connectivity index (χ4n) is 2.00. The summed E-state index contributed by atoms with van der Waals surface area (Å²) in [7, 11) is 0. The molecule has 0 radical (unpaired) electrons. The highest BCUT2D eigenvalue weighted by Crippen LogP contribution is 2.33. The third kappa shape index (κ3) is 2.92. The van der Waals surface area contributed by atoms with E-state index in [1.165, 1.54) is 28.2 Å². The van der Waals surface area contributed by atoms with Gasteiger partial charge in [0.15, 0.2) is 5.13 Å². The molecule has 0 bridgehead atoms. The standard InChI is InChI=1S/C14H10Cl2N2OS2/c1-2-7-4-3-5-9-11(7)17-14(20-9)18-13(19)8-6-10(15)21-12(8)16/h3-6H,2H2,1H3,(H,17,18,19). The van der Waals surface area contributed by atoms with Gasteiger partial charge in [-0.05, 0) is 24.1 Å². The predicted octanol–water partition coefficient (Wildman–Crippen LogP) is 5.48. The van der Waals surface area contributed by atoms with Gasteiger partial charge in [0.2, 0.25) is 0 Å². The van der Waals surface area contributed by atoms with E-state index in [0.717, 1.165) is 16.6 Å². The minimum atomic E-state index is -0.291. The van der Waals surface area contributed by atoms with Gasteiger partial charge in [0, 0.05) is 0 Å². The van der Waals surface area contributed by atoms with Crippen molar-refractivity contribution in [3.63, 3.8) is 0 Å². The monoisotopic (exact) mass is 356 g/mol. The van der Waals surface area contributed by atoms with E-state index in [2.05, 4.69) is 17.2 Å². The fraction of sp³-hybridized carbons (Fsp3) is 0.143. The maximum absolute atomic E-state index is 12.2. The number of thiazole rings is 1. The molecule has 3 nitrogen and oxygen atoms in total. The molecule has 0 fully saturated rings. The molecular formula is C14H10Cl2N2OS2. The highest BCUT2D eigenvalue weighted by molar-refractivity contribution is 7.22. The molecule has 0 spiro atoms. The van der Waals surface area contributed by atoms with E-state index in [9.17, 15) is 4.79 Å². The van der Waals surface area contributed by atoms with Crippen LogP contribution in [0, 0.1) is 0 Å². The number of halogens is 2. The SMILES string of the molecule is CCc1cccc2sc(NC(=O)c3cc(Cl)sc3Cl)nc12. The second kappa shape index (κ2) is 5.93. The van der Waals surface area contributed by atoms with Crippen molar-refractivity contribution in [1.82, 2.24) is 4.98 Å². The van der Waals surface area contributed by atoms with E-state index < -0.39 is 0 Å². The fourth-order valence-corrected chi connectivity index (χ4v) is 4.37. The Kier molecular flexibility index (Phi) is 4.17. The molecule has 0 saturated heterocycles. The van der Waals surface area contributed by atoms with Crippen molar-refractivity contribution in [3.05, 3.63) is 44.1 Å². The van der Waals surface area contributed by atoms with Gasteiger partial charge in [0.1, 0.15) is 4.34 Å². The van der Waals surface area contributed by atoms with E-state index in [1.807, 2.05) is 18.2 Å². The highest BCUT2D eigenvalue weighted by atomic mass is 35.5. The van der Waals surface area contributed by atoms with Crippen LogP contribution in [-0.2, 0) is 6.42 Å².